The zero-order valence-electron chi connectivity index (χ0n) is 10.2. The van der Waals surface area contributed by atoms with Crippen LogP contribution in [0.15, 0.2) is 30.9 Å². The van der Waals surface area contributed by atoms with Crippen molar-refractivity contribution < 1.29 is 9.90 Å². The van der Waals surface area contributed by atoms with Gasteiger partial charge in [0.2, 0.25) is 0 Å². The van der Waals surface area contributed by atoms with Gasteiger partial charge in [-0.25, -0.2) is 4.79 Å². The first-order valence-corrected chi connectivity index (χ1v) is 5.56. The van der Waals surface area contributed by atoms with Gasteiger partial charge in [-0.15, -0.1) is 0 Å². The highest BCUT2D eigenvalue weighted by molar-refractivity contribution is 5.94. The molecule has 0 spiro atoms. The van der Waals surface area contributed by atoms with Gasteiger partial charge in [-0.05, 0) is 19.9 Å². The van der Waals surface area contributed by atoms with Gasteiger partial charge in [0.05, 0.1) is 17.6 Å². The number of carboxylic acid groups (broad SMARTS) is 1. The molecule has 0 aliphatic rings. The Kier molecular flexibility index (Phi) is 3.27. The van der Waals surface area contributed by atoms with Crippen LogP contribution >= 0.6 is 0 Å². The maximum Gasteiger partial charge on any atom is 0.339 e. The van der Waals surface area contributed by atoms with Gasteiger partial charge in [-0.1, -0.05) is 0 Å². The standard InChI is InChI=1S/C12H14N4O2/c1-8(2)16-7-9(5-14-16)15-11-3-4-13-6-10(11)12(17)18/h3-8H,1-2H3,(H,13,15)(H,17,18). The molecule has 2 heterocycles. The molecule has 2 N–H and O–H groups in total. The van der Waals surface area contributed by atoms with Crippen LogP contribution in [0.5, 0.6) is 0 Å². The van der Waals surface area contributed by atoms with Gasteiger partial charge >= 0.3 is 5.97 Å². The number of hydrogen-bond acceptors (Lipinski definition) is 4. The highest BCUT2D eigenvalue weighted by Gasteiger charge is 2.10. The fraction of sp³-hybridized carbons (Fsp3) is 0.250. The molecule has 0 unspecified atom stereocenters. The van der Waals surface area contributed by atoms with Crippen molar-refractivity contribution in [3.8, 4) is 0 Å². The highest BCUT2D eigenvalue weighted by Crippen LogP contribution is 2.20. The molecule has 0 amide bonds. The number of anilines is 2. The summed E-state index contributed by atoms with van der Waals surface area (Å²) >= 11 is 0. The minimum absolute atomic E-state index is 0.134. The Morgan fingerprint density at radius 1 is 1.44 bits per heavy atom. The predicted octanol–water partition coefficient (Wildman–Crippen LogP) is 2.30. The summed E-state index contributed by atoms with van der Waals surface area (Å²) < 4.78 is 1.80. The van der Waals surface area contributed by atoms with E-state index >= 15 is 0 Å². The van der Waals surface area contributed by atoms with Gasteiger partial charge in [0.15, 0.2) is 0 Å². The first-order chi connectivity index (χ1) is 8.58. The first-order valence-electron chi connectivity index (χ1n) is 5.56. The molecule has 0 atom stereocenters. The lowest BCUT2D eigenvalue weighted by atomic mass is 10.2. The summed E-state index contributed by atoms with van der Waals surface area (Å²) in [6.45, 7) is 4.04. The van der Waals surface area contributed by atoms with Crippen LogP contribution in [0.25, 0.3) is 0 Å². The van der Waals surface area contributed by atoms with Crippen molar-refractivity contribution >= 4 is 17.3 Å². The van der Waals surface area contributed by atoms with Crippen molar-refractivity contribution in [3.63, 3.8) is 0 Å². The summed E-state index contributed by atoms with van der Waals surface area (Å²) in [5.41, 5.74) is 1.38. The summed E-state index contributed by atoms with van der Waals surface area (Å²) in [7, 11) is 0. The van der Waals surface area contributed by atoms with Crippen LogP contribution in [-0.2, 0) is 0 Å². The summed E-state index contributed by atoms with van der Waals surface area (Å²) in [6.07, 6.45) is 6.35. The van der Waals surface area contributed by atoms with E-state index in [0.717, 1.165) is 5.69 Å². The molecule has 0 bridgehead atoms. The third-order valence-corrected chi connectivity index (χ3v) is 2.46. The Bertz CT molecular complexity index is 563. The third kappa shape index (κ3) is 2.48. The van der Waals surface area contributed by atoms with Crippen LogP contribution in [0, 0.1) is 0 Å². The maximum atomic E-state index is 11.0. The summed E-state index contributed by atoms with van der Waals surface area (Å²) in [6, 6.07) is 1.88. The molecule has 0 saturated heterocycles. The number of pyridine rings is 1. The van der Waals surface area contributed by atoms with E-state index in [0.29, 0.717) is 5.69 Å². The zero-order chi connectivity index (χ0) is 13.1. The number of aromatic nitrogens is 3. The molecular formula is C12H14N4O2. The molecule has 0 saturated carbocycles. The van der Waals surface area contributed by atoms with Gasteiger partial charge in [0, 0.05) is 24.6 Å². The molecule has 0 aliphatic heterocycles. The number of aromatic carboxylic acids is 1. The summed E-state index contributed by atoms with van der Waals surface area (Å²) in [4.78, 5) is 14.8. The van der Waals surface area contributed by atoms with E-state index < -0.39 is 5.97 Å². The average molecular weight is 246 g/mol. The lowest BCUT2D eigenvalue weighted by Crippen LogP contribution is -2.03. The molecule has 0 radical (unpaired) electrons. The molecule has 6 nitrogen and oxygen atoms in total. The quantitative estimate of drug-likeness (QED) is 0.865. The largest absolute Gasteiger partial charge is 0.478 e. The first kappa shape index (κ1) is 12.1. The summed E-state index contributed by atoms with van der Waals surface area (Å²) in [5.74, 6) is -1.01. The summed E-state index contributed by atoms with van der Waals surface area (Å²) in [5, 5.41) is 16.2. The lowest BCUT2D eigenvalue weighted by molar-refractivity contribution is 0.0697. The van der Waals surface area contributed by atoms with E-state index in [1.165, 1.54) is 6.20 Å². The highest BCUT2D eigenvalue weighted by atomic mass is 16.4. The van der Waals surface area contributed by atoms with Crippen LogP contribution in [0.1, 0.15) is 30.2 Å². The number of hydrogen-bond donors (Lipinski definition) is 2. The van der Waals surface area contributed by atoms with E-state index in [1.807, 2.05) is 20.0 Å². The van der Waals surface area contributed by atoms with Gasteiger partial charge in [0.25, 0.3) is 0 Å². The molecule has 2 rings (SSSR count). The molecule has 18 heavy (non-hydrogen) atoms. The van der Waals surface area contributed by atoms with E-state index in [9.17, 15) is 4.79 Å². The number of carboxylic acids is 1. The van der Waals surface area contributed by atoms with Crippen LogP contribution in [-0.4, -0.2) is 25.8 Å². The molecule has 2 aromatic rings. The SMILES string of the molecule is CC(C)n1cc(Nc2ccncc2C(=O)O)cn1. The Balaban J connectivity index is 2.25. The van der Waals surface area contributed by atoms with Crippen LogP contribution in [0.3, 0.4) is 0 Å². The molecule has 94 valence electrons. The van der Waals surface area contributed by atoms with Crippen molar-refractivity contribution in [1.29, 1.82) is 0 Å². The van der Waals surface area contributed by atoms with Crippen molar-refractivity contribution in [3.05, 3.63) is 36.4 Å². The normalized spacial score (nSPS) is 10.6. The van der Waals surface area contributed by atoms with E-state index in [1.54, 1.807) is 23.1 Å². The Morgan fingerprint density at radius 2 is 2.22 bits per heavy atom. The molecule has 0 fully saturated rings. The van der Waals surface area contributed by atoms with Crippen molar-refractivity contribution in [2.75, 3.05) is 5.32 Å². The Labute approximate surface area is 104 Å². The lowest BCUT2D eigenvalue weighted by Gasteiger charge is -2.07. The van der Waals surface area contributed by atoms with Crippen molar-refractivity contribution in [2.24, 2.45) is 0 Å². The van der Waals surface area contributed by atoms with Gasteiger partial charge < -0.3 is 10.4 Å². The van der Waals surface area contributed by atoms with Gasteiger partial charge in [-0.2, -0.15) is 5.10 Å². The second-order valence-corrected chi connectivity index (χ2v) is 4.15. The molecule has 0 aromatic carbocycles. The molecular weight excluding hydrogens is 232 g/mol. The predicted molar refractivity (Wildman–Crippen MR) is 67.1 cm³/mol. The van der Waals surface area contributed by atoms with Crippen molar-refractivity contribution in [2.45, 2.75) is 19.9 Å². The van der Waals surface area contributed by atoms with E-state index in [2.05, 4.69) is 15.4 Å². The fourth-order valence-electron chi connectivity index (χ4n) is 1.51. The zero-order valence-corrected chi connectivity index (χ0v) is 10.2. The smallest absolute Gasteiger partial charge is 0.339 e. The van der Waals surface area contributed by atoms with Crippen LogP contribution in [0.4, 0.5) is 11.4 Å². The number of nitrogens with one attached hydrogen (secondary N) is 1. The van der Waals surface area contributed by atoms with Crippen molar-refractivity contribution in [1.82, 2.24) is 14.8 Å². The topological polar surface area (TPSA) is 80.0 Å². The Hall–Kier alpha value is -2.37. The number of rotatable bonds is 4. The third-order valence-electron chi connectivity index (χ3n) is 2.46. The Morgan fingerprint density at radius 3 is 2.83 bits per heavy atom. The molecule has 6 heteroatoms. The van der Waals surface area contributed by atoms with E-state index in [-0.39, 0.29) is 11.6 Å². The maximum absolute atomic E-state index is 11.0. The molecule has 0 aliphatic carbocycles. The number of nitrogens with zero attached hydrogens (tertiary/aromatic N) is 3. The minimum atomic E-state index is -1.01. The second-order valence-electron chi connectivity index (χ2n) is 4.15. The number of carbonyl (C=O) groups is 1. The van der Waals surface area contributed by atoms with Gasteiger partial charge in [-0.3, -0.25) is 9.67 Å². The molecule has 2 aromatic heterocycles. The monoisotopic (exact) mass is 246 g/mol. The van der Waals surface area contributed by atoms with Crippen LogP contribution in [0.2, 0.25) is 0 Å². The average Bonchev–Trinajstić information content (AvgIpc) is 2.78. The fourth-order valence-corrected chi connectivity index (χ4v) is 1.51. The van der Waals surface area contributed by atoms with E-state index in [4.69, 9.17) is 5.11 Å². The van der Waals surface area contributed by atoms with Crippen LogP contribution < -0.4 is 5.32 Å². The van der Waals surface area contributed by atoms with Gasteiger partial charge in [0.1, 0.15) is 5.56 Å². The minimum Gasteiger partial charge on any atom is -0.478 e. The second kappa shape index (κ2) is 4.87.